The molecule has 0 saturated heterocycles. The van der Waals surface area contributed by atoms with Crippen molar-refractivity contribution in [2.45, 2.75) is 12.6 Å². The van der Waals surface area contributed by atoms with E-state index >= 15 is 0 Å². The number of ether oxygens (including phenoxy) is 4. The number of hydrogen-bond donors (Lipinski definition) is 1. The molecule has 0 atom stereocenters. The van der Waals surface area contributed by atoms with Gasteiger partial charge in [0.2, 0.25) is 6.04 Å². The Labute approximate surface area is 123 Å². The third kappa shape index (κ3) is 4.64. The molecule has 1 N–H and O–H groups in total. The molecule has 7 nitrogen and oxygen atoms in total. The molecular weight excluding hydrogens is 278 g/mol. The van der Waals surface area contributed by atoms with E-state index in [2.05, 4.69) is 14.8 Å². The number of rotatable bonds is 7. The summed E-state index contributed by atoms with van der Waals surface area (Å²) in [4.78, 5) is 23.1. The second-order valence-corrected chi connectivity index (χ2v) is 4.08. The molecule has 0 aliphatic rings. The predicted molar refractivity (Wildman–Crippen MR) is 74.2 cm³/mol. The predicted octanol–water partition coefficient (Wildman–Crippen LogP) is 0.508. The summed E-state index contributed by atoms with van der Waals surface area (Å²) >= 11 is 0. The first-order valence-electron chi connectivity index (χ1n) is 6.16. The molecule has 0 saturated carbocycles. The lowest BCUT2D eigenvalue weighted by molar-refractivity contribution is -0.155. The molecule has 0 aromatic heterocycles. The van der Waals surface area contributed by atoms with Crippen molar-refractivity contribution in [3.63, 3.8) is 0 Å². The zero-order chi connectivity index (χ0) is 15.8. The molecule has 1 aromatic rings. The SMILES string of the molecule is COC(=O)C(NCc1cc(OC)cc(OC)c1)C(=O)OC. The van der Waals surface area contributed by atoms with E-state index in [4.69, 9.17) is 9.47 Å². The van der Waals surface area contributed by atoms with E-state index in [-0.39, 0.29) is 6.54 Å². The zero-order valence-electron chi connectivity index (χ0n) is 12.5. The summed E-state index contributed by atoms with van der Waals surface area (Å²) in [5.74, 6) is -0.203. The Morgan fingerprint density at radius 2 is 1.43 bits per heavy atom. The standard InChI is InChI=1S/C14H19NO6/c1-18-10-5-9(6-11(7-10)19-2)8-15-12(13(16)20-3)14(17)21-4/h5-7,12,15H,8H2,1-4H3. The molecule has 0 amide bonds. The van der Waals surface area contributed by atoms with Crippen LogP contribution in [-0.4, -0.2) is 46.4 Å². The molecule has 0 bridgehead atoms. The molecule has 0 fully saturated rings. The van der Waals surface area contributed by atoms with E-state index in [9.17, 15) is 9.59 Å². The van der Waals surface area contributed by atoms with Crippen LogP contribution in [0.15, 0.2) is 18.2 Å². The fourth-order valence-corrected chi connectivity index (χ4v) is 1.69. The van der Waals surface area contributed by atoms with Gasteiger partial charge in [0.05, 0.1) is 28.4 Å². The van der Waals surface area contributed by atoms with Crippen molar-refractivity contribution < 1.29 is 28.5 Å². The topological polar surface area (TPSA) is 83.1 Å². The van der Waals surface area contributed by atoms with Crippen LogP contribution in [0.4, 0.5) is 0 Å². The van der Waals surface area contributed by atoms with Crippen LogP contribution in [0, 0.1) is 0 Å². The van der Waals surface area contributed by atoms with E-state index in [0.29, 0.717) is 11.5 Å². The van der Waals surface area contributed by atoms with Crippen molar-refractivity contribution in [3.8, 4) is 11.5 Å². The van der Waals surface area contributed by atoms with Crippen LogP contribution in [0.25, 0.3) is 0 Å². The molecule has 116 valence electrons. The van der Waals surface area contributed by atoms with Gasteiger partial charge in [-0.3, -0.25) is 5.32 Å². The van der Waals surface area contributed by atoms with E-state index in [1.807, 2.05) is 0 Å². The highest BCUT2D eigenvalue weighted by Gasteiger charge is 2.27. The van der Waals surface area contributed by atoms with Crippen LogP contribution in [0.2, 0.25) is 0 Å². The van der Waals surface area contributed by atoms with Crippen LogP contribution < -0.4 is 14.8 Å². The van der Waals surface area contributed by atoms with Crippen LogP contribution in [0.3, 0.4) is 0 Å². The first-order valence-corrected chi connectivity index (χ1v) is 6.16. The minimum atomic E-state index is -1.18. The maximum atomic E-state index is 11.5. The smallest absolute Gasteiger partial charge is 0.334 e. The maximum Gasteiger partial charge on any atom is 0.334 e. The highest BCUT2D eigenvalue weighted by molar-refractivity contribution is 5.99. The lowest BCUT2D eigenvalue weighted by atomic mass is 10.2. The number of esters is 2. The summed E-state index contributed by atoms with van der Waals surface area (Å²) in [6.07, 6.45) is 0. The van der Waals surface area contributed by atoms with Gasteiger partial charge in [-0.1, -0.05) is 0 Å². The first kappa shape index (κ1) is 16.8. The number of nitrogens with one attached hydrogen (secondary N) is 1. The van der Waals surface area contributed by atoms with Crippen molar-refractivity contribution in [1.29, 1.82) is 0 Å². The molecule has 1 rings (SSSR count). The molecule has 0 spiro atoms. The van der Waals surface area contributed by atoms with Gasteiger partial charge in [0.15, 0.2) is 0 Å². The number of hydrogen-bond acceptors (Lipinski definition) is 7. The molecule has 7 heteroatoms. The van der Waals surface area contributed by atoms with Gasteiger partial charge < -0.3 is 18.9 Å². The Morgan fingerprint density at radius 3 is 1.81 bits per heavy atom. The van der Waals surface area contributed by atoms with E-state index in [1.54, 1.807) is 18.2 Å². The first-order chi connectivity index (χ1) is 10.0. The van der Waals surface area contributed by atoms with Crippen molar-refractivity contribution in [1.82, 2.24) is 5.32 Å². The Balaban J connectivity index is 2.84. The monoisotopic (exact) mass is 297 g/mol. The Kier molecular flexibility index (Phi) is 6.48. The lowest BCUT2D eigenvalue weighted by Crippen LogP contribution is -2.44. The van der Waals surface area contributed by atoms with Gasteiger partial charge in [0.25, 0.3) is 0 Å². The molecular formula is C14H19NO6. The zero-order valence-corrected chi connectivity index (χ0v) is 12.5. The molecule has 1 aromatic carbocycles. The minimum absolute atomic E-state index is 0.239. The Morgan fingerprint density at radius 1 is 0.952 bits per heavy atom. The fraction of sp³-hybridized carbons (Fsp3) is 0.429. The van der Waals surface area contributed by atoms with Crippen molar-refractivity contribution in [2.75, 3.05) is 28.4 Å². The third-order valence-electron chi connectivity index (χ3n) is 2.80. The Hall–Kier alpha value is -2.28. The van der Waals surface area contributed by atoms with Crippen LogP contribution in [-0.2, 0) is 25.6 Å². The van der Waals surface area contributed by atoms with E-state index in [0.717, 1.165) is 5.56 Å². The number of carbonyl (C=O) groups is 2. The molecule has 0 radical (unpaired) electrons. The van der Waals surface area contributed by atoms with E-state index < -0.39 is 18.0 Å². The summed E-state index contributed by atoms with van der Waals surface area (Å²) in [6.45, 7) is 0.239. The summed E-state index contributed by atoms with van der Waals surface area (Å²) < 4.78 is 19.4. The molecule has 0 heterocycles. The van der Waals surface area contributed by atoms with Crippen molar-refractivity contribution in [3.05, 3.63) is 23.8 Å². The summed E-state index contributed by atoms with van der Waals surface area (Å²) in [5, 5.41) is 2.78. The quantitative estimate of drug-likeness (QED) is 0.580. The fourth-order valence-electron chi connectivity index (χ4n) is 1.69. The van der Waals surface area contributed by atoms with Crippen LogP contribution >= 0.6 is 0 Å². The van der Waals surface area contributed by atoms with Gasteiger partial charge in [-0.2, -0.15) is 0 Å². The number of benzene rings is 1. The normalized spacial score (nSPS) is 10.1. The van der Waals surface area contributed by atoms with Crippen molar-refractivity contribution in [2.24, 2.45) is 0 Å². The van der Waals surface area contributed by atoms with Crippen molar-refractivity contribution >= 4 is 11.9 Å². The molecule has 0 aliphatic heterocycles. The average Bonchev–Trinajstić information content (AvgIpc) is 2.53. The largest absolute Gasteiger partial charge is 0.497 e. The third-order valence-corrected chi connectivity index (χ3v) is 2.80. The second-order valence-electron chi connectivity index (χ2n) is 4.08. The summed E-state index contributed by atoms with van der Waals surface area (Å²) in [7, 11) is 5.48. The van der Waals surface area contributed by atoms with Gasteiger partial charge in [-0.15, -0.1) is 0 Å². The van der Waals surface area contributed by atoms with Gasteiger partial charge in [0.1, 0.15) is 11.5 Å². The lowest BCUT2D eigenvalue weighted by Gasteiger charge is -2.15. The van der Waals surface area contributed by atoms with Crippen LogP contribution in [0.1, 0.15) is 5.56 Å². The van der Waals surface area contributed by atoms with Crippen LogP contribution in [0.5, 0.6) is 11.5 Å². The highest BCUT2D eigenvalue weighted by atomic mass is 16.5. The minimum Gasteiger partial charge on any atom is -0.497 e. The summed E-state index contributed by atoms with van der Waals surface area (Å²) in [5.41, 5.74) is 0.781. The Bertz CT molecular complexity index is 464. The van der Waals surface area contributed by atoms with Gasteiger partial charge in [-0.05, 0) is 17.7 Å². The van der Waals surface area contributed by atoms with Gasteiger partial charge >= 0.3 is 11.9 Å². The number of carbonyl (C=O) groups excluding carboxylic acids is 2. The second kappa shape index (κ2) is 8.11. The van der Waals surface area contributed by atoms with Gasteiger partial charge in [-0.25, -0.2) is 9.59 Å². The van der Waals surface area contributed by atoms with E-state index in [1.165, 1.54) is 28.4 Å². The summed E-state index contributed by atoms with van der Waals surface area (Å²) in [6, 6.07) is 4.07. The van der Waals surface area contributed by atoms with Gasteiger partial charge in [0, 0.05) is 12.6 Å². The molecule has 21 heavy (non-hydrogen) atoms. The highest BCUT2D eigenvalue weighted by Crippen LogP contribution is 2.22. The maximum absolute atomic E-state index is 11.5. The average molecular weight is 297 g/mol. The molecule has 0 unspecified atom stereocenters. The molecule has 0 aliphatic carbocycles. The number of methoxy groups -OCH3 is 4.